The molecule has 0 aliphatic carbocycles. The number of hydrogen-bond acceptors (Lipinski definition) is 6. The summed E-state index contributed by atoms with van der Waals surface area (Å²) in [4.78, 5) is 26.1. The number of amides is 1. The third-order valence-corrected chi connectivity index (χ3v) is 4.81. The van der Waals surface area contributed by atoms with E-state index < -0.39 is 30.8 Å². The number of anilines is 1. The van der Waals surface area contributed by atoms with Crippen molar-refractivity contribution in [1.82, 2.24) is 5.32 Å². The maximum absolute atomic E-state index is 14.2. The third-order valence-electron chi connectivity index (χ3n) is 4.81. The Bertz CT molecular complexity index is 766. The number of nitrogens with zero attached hydrogens (tertiary/aromatic N) is 2. The molecule has 0 bridgehead atoms. The molecule has 0 radical (unpaired) electrons. The molecule has 1 aliphatic rings. The van der Waals surface area contributed by atoms with Crippen LogP contribution in [0.4, 0.5) is 10.1 Å². The Morgan fingerprint density at radius 1 is 1.39 bits per heavy atom. The Kier molecular flexibility index (Phi) is 7.55. The van der Waals surface area contributed by atoms with Gasteiger partial charge in [-0.1, -0.05) is 13.8 Å². The molecular formula is C19H25BFN3O4. The van der Waals surface area contributed by atoms with Crippen molar-refractivity contribution >= 4 is 24.5 Å². The minimum Gasteiger partial charge on any atom is -0.426 e. The minimum atomic E-state index is -1.66. The molecule has 1 aromatic carbocycles. The smallest absolute Gasteiger partial charge is 0.426 e. The number of rotatable bonds is 9. The normalized spacial score (nSPS) is 16.9. The molecule has 28 heavy (non-hydrogen) atoms. The van der Waals surface area contributed by atoms with Crippen molar-refractivity contribution in [1.29, 1.82) is 5.26 Å². The molecule has 3 N–H and O–H groups in total. The molecule has 150 valence electrons. The summed E-state index contributed by atoms with van der Waals surface area (Å²) in [5, 5.41) is 30.1. The van der Waals surface area contributed by atoms with Crippen LogP contribution in [-0.2, 0) is 9.59 Å². The van der Waals surface area contributed by atoms with Gasteiger partial charge in [0.2, 0.25) is 5.91 Å². The van der Waals surface area contributed by atoms with Gasteiger partial charge in [0.1, 0.15) is 5.82 Å². The van der Waals surface area contributed by atoms with Crippen molar-refractivity contribution in [3.63, 3.8) is 0 Å². The lowest BCUT2D eigenvalue weighted by Crippen LogP contribution is -2.53. The number of nitriles is 1. The van der Waals surface area contributed by atoms with E-state index in [2.05, 4.69) is 5.32 Å². The van der Waals surface area contributed by atoms with Gasteiger partial charge in [0, 0.05) is 19.4 Å². The number of carbonyl (C=O) groups is 2. The largest absolute Gasteiger partial charge is 0.475 e. The molecule has 0 unspecified atom stereocenters. The number of Topliss-reactive ketones (excluding diaryl/α,β-unsaturated/α-hetero) is 1. The van der Waals surface area contributed by atoms with Gasteiger partial charge < -0.3 is 20.3 Å². The summed E-state index contributed by atoms with van der Waals surface area (Å²) >= 11 is 0. The van der Waals surface area contributed by atoms with E-state index in [0.29, 0.717) is 19.4 Å². The Balaban J connectivity index is 1.89. The molecule has 0 aromatic heterocycles. The van der Waals surface area contributed by atoms with Gasteiger partial charge in [-0.05, 0) is 37.0 Å². The highest BCUT2D eigenvalue weighted by atomic mass is 19.1. The molecule has 9 heteroatoms. The molecular weight excluding hydrogens is 364 g/mol. The zero-order valence-electron chi connectivity index (χ0n) is 16.1. The van der Waals surface area contributed by atoms with Gasteiger partial charge in [0.05, 0.1) is 29.3 Å². The Morgan fingerprint density at radius 3 is 2.61 bits per heavy atom. The van der Waals surface area contributed by atoms with Crippen LogP contribution in [0.5, 0.6) is 0 Å². The van der Waals surface area contributed by atoms with Crippen LogP contribution in [0.25, 0.3) is 0 Å². The van der Waals surface area contributed by atoms with E-state index in [1.54, 1.807) is 4.90 Å². The Morgan fingerprint density at radius 2 is 2.11 bits per heavy atom. The first-order valence-corrected chi connectivity index (χ1v) is 9.37. The van der Waals surface area contributed by atoms with Crippen LogP contribution in [-0.4, -0.2) is 47.4 Å². The van der Waals surface area contributed by atoms with Crippen molar-refractivity contribution < 1.29 is 24.0 Å². The van der Waals surface area contributed by atoms with Gasteiger partial charge in [0.15, 0.2) is 5.78 Å². The second-order valence-corrected chi connectivity index (χ2v) is 7.46. The van der Waals surface area contributed by atoms with Gasteiger partial charge in [-0.2, -0.15) is 5.26 Å². The molecule has 0 spiro atoms. The van der Waals surface area contributed by atoms with Gasteiger partial charge in [-0.15, -0.1) is 0 Å². The summed E-state index contributed by atoms with van der Waals surface area (Å²) in [7, 11) is -1.66. The van der Waals surface area contributed by atoms with Crippen LogP contribution in [0.1, 0.15) is 45.1 Å². The average molecular weight is 389 g/mol. The summed E-state index contributed by atoms with van der Waals surface area (Å²) in [5.74, 6) is -1.77. The lowest BCUT2D eigenvalue weighted by Gasteiger charge is -2.42. The molecule has 0 saturated carbocycles. The fraction of sp³-hybridized carbons (Fsp3) is 0.526. The van der Waals surface area contributed by atoms with Crippen molar-refractivity contribution in [2.24, 2.45) is 5.92 Å². The van der Waals surface area contributed by atoms with E-state index in [4.69, 9.17) is 5.26 Å². The quantitative estimate of drug-likeness (QED) is 0.547. The fourth-order valence-corrected chi connectivity index (χ4v) is 3.27. The third kappa shape index (κ3) is 5.53. The van der Waals surface area contributed by atoms with Gasteiger partial charge >= 0.3 is 7.12 Å². The van der Waals surface area contributed by atoms with Crippen molar-refractivity contribution in [2.75, 3.05) is 11.4 Å². The number of nitrogens with one attached hydrogen (secondary N) is 1. The van der Waals surface area contributed by atoms with Crippen LogP contribution in [0.3, 0.4) is 0 Å². The highest BCUT2D eigenvalue weighted by molar-refractivity contribution is 6.43. The van der Waals surface area contributed by atoms with E-state index in [1.807, 2.05) is 19.9 Å². The molecule has 1 fully saturated rings. The molecule has 2 rings (SSSR count). The van der Waals surface area contributed by atoms with Crippen molar-refractivity contribution in [3.05, 3.63) is 29.6 Å². The number of benzene rings is 1. The zero-order valence-corrected chi connectivity index (χ0v) is 16.1. The number of ketones is 1. The van der Waals surface area contributed by atoms with E-state index in [1.165, 1.54) is 12.1 Å². The maximum atomic E-state index is 14.2. The lowest BCUT2D eigenvalue weighted by molar-refractivity contribution is -0.126. The summed E-state index contributed by atoms with van der Waals surface area (Å²) in [6.45, 7) is 4.33. The first-order valence-electron chi connectivity index (χ1n) is 9.37. The van der Waals surface area contributed by atoms with Crippen LogP contribution in [0, 0.1) is 23.1 Å². The Labute approximate surface area is 164 Å². The molecule has 2 atom stereocenters. The minimum absolute atomic E-state index is 0.0131. The molecule has 1 heterocycles. The van der Waals surface area contributed by atoms with Crippen LogP contribution in [0.15, 0.2) is 18.2 Å². The first kappa shape index (κ1) is 21.9. The predicted octanol–water partition coefficient (Wildman–Crippen LogP) is 1.17. The van der Waals surface area contributed by atoms with E-state index >= 15 is 0 Å². The first-order chi connectivity index (χ1) is 13.2. The average Bonchev–Trinajstić information content (AvgIpc) is 2.59. The Hall–Kier alpha value is -2.44. The van der Waals surface area contributed by atoms with Gasteiger partial charge in [-0.3, -0.25) is 9.59 Å². The monoisotopic (exact) mass is 389 g/mol. The topological polar surface area (TPSA) is 114 Å². The lowest BCUT2D eigenvalue weighted by atomic mass is 9.75. The molecule has 7 nitrogen and oxygen atoms in total. The van der Waals surface area contributed by atoms with E-state index in [0.717, 1.165) is 6.07 Å². The van der Waals surface area contributed by atoms with Crippen LogP contribution in [0.2, 0.25) is 0 Å². The summed E-state index contributed by atoms with van der Waals surface area (Å²) in [5.41, 5.74) is 0.483. The maximum Gasteiger partial charge on any atom is 0.475 e. The predicted molar refractivity (Wildman–Crippen MR) is 103 cm³/mol. The number of halogens is 1. The standard InChI is InChI=1S/C19H25BFN3O4/c1-12(2)9-18(20(27)28)23-19(26)6-5-17(25)16-7-8-24(16)15-4-3-13(11-22)10-14(15)21/h3-4,10,12,16,18,27-28H,5-9H2,1-2H3,(H,23,26)/t16-,18-/m0/s1. The second-order valence-electron chi connectivity index (χ2n) is 7.46. The van der Waals surface area contributed by atoms with Crippen molar-refractivity contribution in [2.45, 2.75) is 51.5 Å². The molecule has 1 aromatic rings. The van der Waals surface area contributed by atoms with Crippen LogP contribution < -0.4 is 10.2 Å². The fourth-order valence-electron chi connectivity index (χ4n) is 3.27. The second kappa shape index (κ2) is 9.67. The molecule has 1 aliphatic heterocycles. The van der Waals surface area contributed by atoms with Gasteiger partial charge in [-0.25, -0.2) is 4.39 Å². The highest BCUT2D eigenvalue weighted by Gasteiger charge is 2.35. The van der Waals surface area contributed by atoms with Gasteiger partial charge in [0.25, 0.3) is 0 Å². The van der Waals surface area contributed by atoms with E-state index in [-0.39, 0.29) is 35.8 Å². The van der Waals surface area contributed by atoms with Crippen molar-refractivity contribution in [3.8, 4) is 6.07 Å². The zero-order chi connectivity index (χ0) is 20.8. The SMILES string of the molecule is CC(C)C[C@H](NC(=O)CCC(=O)[C@@H]1CCN1c1ccc(C#N)cc1F)B(O)O. The summed E-state index contributed by atoms with van der Waals surface area (Å²) in [6.07, 6.45) is 0.901. The molecule has 1 amide bonds. The number of hydrogen-bond donors (Lipinski definition) is 3. The van der Waals surface area contributed by atoms with E-state index in [9.17, 15) is 24.0 Å². The highest BCUT2D eigenvalue weighted by Crippen LogP contribution is 2.30. The summed E-state index contributed by atoms with van der Waals surface area (Å²) in [6, 6.07) is 5.49. The van der Waals surface area contributed by atoms with Crippen LogP contribution >= 0.6 is 0 Å². The number of carbonyl (C=O) groups excluding carboxylic acids is 2. The molecule has 1 saturated heterocycles. The summed E-state index contributed by atoms with van der Waals surface area (Å²) < 4.78 is 14.2.